The zero-order chi connectivity index (χ0) is 22.0. The number of fused-ring (bicyclic) bond motifs is 1. The highest BCUT2D eigenvalue weighted by atomic mass is 16.5. The summed E-state index contributed by atoms with van der Waals surface area (Å²) in [4.78, 5) is 31.4. The Bertz CT molecular complexity index is 1030. The van der Waals surface area contributed by atoms with Crippen LogP contribution < -0.4 is 4.74 Å². The fourth-order valence-corrected chi connectivity index (χ4v) is 4.22. The summed E-state index contributed by atoms with van der Waals surface area (Å²) in [5, 5.41) is 10.7. The summed E-state index contributed by atoms with van der Waals surface area (Å²) in [6.45, 7) is 5.68. The number of Topliss-reactive ketones (excluding diaryl/α,β-unsaturated/α-hetero) is 1. The lowest BCUT2D eigenvalue weighted by Crippen LogP contribution is -2.39. The number of ketones is 1. The third kappa shape index (κ3) is 4.32. The second-order valence-corrected chi connectivity index (χ2v) is 7.95. The maximum atomic E-state index is 13.0. The minimum absolute atomic E-state index is 0.0879. The van der Waals surface area contributed by atoms with Crippen LogP contribution in [0.5, 0.6) is 11.5 Å². The molecule has 0 spiro atoms. The molecule has 0 amide bonds. The van der Waals surface area contributed by atoms with E-state index in [0.29, 0.717) is 42.1 Å². The summed E-state index contributed by atoms with van der Waals surface area (Å²) < 4.78 is 11.2. The van der Waals surface area contributed by atoms with Gasteiger partial charge in [0.15, 0.2) is 5.76 Å². The molecule has 7 heteroatoms. The van der Waals surface area contributed by atoms with Crippen LogP contribution in [0.15, 0.2) is 36.4 Å². The van der Waals surface area contributed by atoms with Crippen LogP contribution in [0.2, 0.25) is 0 Å². The zero-order valence-corrected chi connectivity index (χ0v) is 17.8. The molecule has 4 rings (SSSR count). The van der Waals surface area contributed by atoms with Crippen LogP contribution in [0.25, 0.3) is 6.08 Å². The van der Waals surface area contributed by atoms with Gasteiger partial charge in [-0.15, -0.1) is 0 Å². The van der Waals surface area contributed by atoms with Crippen molar-refractivity contribution in [3.05, 3.63) is 58.6 Å². The smallest absolute Gasteiger partial charge is 0.310 e. The number of likely N-dealkylation sites (tertiary alicyclic amines) is 1. The average Bonchev–Trinajstić information content (AvgIpc) is 3.08. The first-order valence-corrected chi connectivity index (χ1v) is 10.6. The Hall–Kier alpha value is -3.19. The van der Waals surface area contributed by atoms with Crippen molar-refractivity contribution < 1.29 is 24.2 Å². The Balaban J connectivity index is 1.61. The predicted octanol–water partition coefficient (Wildman–Crippen LogP) is 3.49. The number of allylic oxidation sites excluding steroid dienone is 1. The third-order valence-electron chi connectivity index (χ3n) is 5.71. The van der Waals surface area contributed by atoms with E-state index in [9.17, 15) is 14.7 Å². The molecule has 1 atom stereocenters. The SMILES string of the molecule is CCOC(=O)C1CCCN(Cc2c(O)cc(C)c3c2O/C(=C\c2cccnc2)C3=O)C1. The first kappa shape index (κ1) is 21.1. The Labute approximate surface area is 181 Å². The van der Waals surface area contributed by atoms with Crippen LogP contribution >= 0.6 is 0 Å². The standard InChI is InChI=1S/C24H26N2O5/c1-3-30-24(29)17-7-5-9-26(13-17)14-18-19(27)10-15(2)21-22(28)20(31-23(18)21)11-16-6-4-8-25-12-16/h4,6,8,10-12,17,27H,3,5,7,9,13-14H2,1-2H3/b20-11-. The zero-order valence-electron chi connectivity index (χ0n) is 17.8. The minimum Gasteiger partial charge on any atom is -0.507 e. The number of phenols is 1. The van der Waals surface area contributed by atoms with Gasteiger partial charge < -0.3 is 14.6 Å². The van der Waals surface area contributed by atoms with E-state index in [1.165, 1.54) is 0 Å². The Morgan fingerprint density at radius 2 is 2.29 bits per heavy atom. The van der Waals surface area contributed by atoms with Gasteiger partial charge in [0.25, 0.3) is 0 Å². The molecule has 31 heavy (non-hydrogen) atoms. The minimum atomic E-state index is -0.208. The number of pyridine rings is 1. The molecule has 1 N–H and O–H groups in total. The van der Waals surface area contributed by atoms with E-state index in [4.69, 9.17) is 9.47 Å². The lowest BCUT2D eigenvalue weighted by molar-refractivity contribution is -0.150. The fraction of sp³-hybridized carbons (Fsp3) is 0.375. The molecule has 0 saturated carbocycles. The number of esters is 1. The Morgan fingerprint density at radius 1 is 1.45 bits per heavy atom. The second-order valence-electron chi connectivity index (χ2n) is 7.95. The van der Waals surface area contributed by atoms with Gasteiger partial charge in [0.1, 0.15) is 11.5 Å². The highest BCUT2D eigenvalue weighted by Gasteiger charge is 2.35. The number of hydrogen-bond donors (Lipinski definition) is 1. The van der Waals surface area contributed by atoms with E-state index in [2.05, 4.69) is 9.88 Å². The molecule has 3 heterocycles. The van der Waals surface area contributed by atoms with Crippen LogP contribution in [0, 0.1) is 12.8 Å². The number of hydrogen-bond acceptors (Lipinski definition) is 7. The van der Waals surface area contributed by atoms with E-state index in [1.807, 2.05) is 6.07 Å². The van der Waals surface area contributed by atoms with Crippen molar-refractivity contribution in [3.8, 4) is 11.5 Å². The van der Waals surface area contributed by atoms with Gasteiger partial charge >= 0.3 is 5.97 Å². The monoisotopic (exact) mass is 422 g/mol. The van der Waals surface area contributed by atoms with Crippen molar-refractivity contribution >= 4 is 17.8 Å². The number of aromatic hydroxyl groups is 1. The Kier molecular flexibility index (Phi) is 6.04. The number of phenolic OH excluding ortho intramolecular Hbond substituents is 1. The predicted molar refractivity (Wildman–Crippen MR) is 115 cm³/mol. The molecule has 1 unspecified atom stereocenters. The van der Waals surface area contributed by atoms with Gasteiger partial charge in [-0.2, -0.15) is 0 Å². The molecular weight excluding hydrogens is 396 g/mol. The summed E-state index contributed by atoms with van der Waals surface area (Å²) in [7, 11) is 0. The van der Waals surface area contributed by atoms with Crippen molar-refractivity contribution in [2.24, 2.45) is 5.92 Å². The third-order valence-corrected chi connectivity index (χ3v) is 5.71. The van der Waals surface area contributed by atoms with Crippen molar-refractivity contribution in [1.82, 2.24) is 9.88 Å². The topological polar surface area (TPSA) is 89.0 Å². The number of nitrogens with zero attached hydrogens (tertiary/aromatic N) is 2. The van der Waals surface area contributed by atoms with Crippen LogP contribution in [0.4, 0.5) is 0 Å². The lowest BCUT2D eigenvalue weighted by Gasteiger charge is -2.31. The molecule has 1 fully saturated rings. The normalized spacial score (nSPS) is 19.9. The van der Waals surface area contributed by atoms with E-state index < -0.39 is 0 Å². The van der Waals surface area contributed by atoms with Gasteiger partial charge in [0.05, 0.1) is 23.7 Å². The van der Waals surface area contributed by atoms with Crippen molar-refractivity contribution in [1.29, 1.82) is 0 Å². The molecule has 1 aromatic heterocycles. The van der Waals surface area contributed by atoms with Gasteiger partial charge in [-0.25, -0.2) is 0 Å². The van der Waals surface area contributed by atoms with Crippen LogP contribution in [0.3, 0.4) is 0 Å². The largest absolute Gasteiger partial charge is 0.507 e. The number of carbonyl (C=O) groups excluding carboxylic acids is 2. The van der Waals surface area contributed by atoms with Gasteiger partial charge in [0, 0.05) is 25.5 Å². The first-order chi connectivity index (χ1) is 15.0. The quantitative estimate of drug-likeness (QED) is 0.583. The van der Waals surface area contributed by atoms with Gasteiger partial charge in [0.2, 0.25) is 5.78 Å². The molecule has 0 radical (unpaired) electrons. The summed E-state index contributed by atoms with van der Waals surface area (Å²) in [6, 6.07) is 5.24. The van der Waals surface area contributed by atoms with E-state index in [1.54, 1.807) is 44.4 Å². The number of ether oxygens (including phenoxy) is 2. The fourth-order valence-electron chi connectivity index (χ4n) is 4.22. The van der Waals surface area contributed by atoms with Crippen LogP contribution in [-0.2, 0) is 16.1 Å². The summed E-state index contributed by atoms with van der Waals surface area (Å²) in [5.41, 5.74) is 2.46. The van der Waals surface area contributed by atoms with Crippen LogP contribution in [0.1, 0.15) is 46.8 Å². The van der Waals surface area contributed by atoms with Crippen molar-refractivity contribution in [2.45, 2.75) is 33.2 Å². The highest BCUT2D eigenvalue weighted by molar-refractivity contribution is 6.15. The number of piperidine rings is 1. The molecular formula is C24H26N2O5. The highest BCUT2D eigenvalue weighted by Crippen LogP contribution is 2.42. The van der Waals surface area contributed by atoms with Gasteiger partial charge in [-0.3, -0.25) is 19.5 Å². The first-order valence-electron chi connectivity index (χ1n) is 10.6. The van der Waals surface area contributed by atoms with E-state index in [-0.39, 0.29) is 29.2 Å². The molecule has 162 valence electrons. The number of aromatic nitrogens is 1. The molecule has 2 aliphatic heterocycles. The van der Waals surface area contributed by atoms with E-state index in [0.717, 1.165) is 24.9 Å². The Morgan fingerprint density at radius 3 is 3.03 bits per heavy atom. The summed E-state index contributed by atoms with van der Waals surface area (Å²) >= 11 is 0. The average molecular weight is 422 g/mol. The molecule has 2 aromatic rings. The van der Waals surface area contributed by atoms with Crippen molar-refractivity contribution in [2.75, 3.05) is 19.7 Å². The number of benzene rings is 1. The van der Waals surface area contributed by atoms with Crippen LogP contribution in [-0.4, -0.2) is 46.4 Å². The maximum Gasteiger partial charge on any atom is 0.310 e. The molecule has 1 aromatic carbocycles. The number of carbonyl (C=O) groups is 2. The molecule has 1 saturated heterocycles. The second kappa shape index (κ2) is 8.89. The molecule has 2 aliphatic rings. The molecule has 0 bridgehead atoms. The van der Waals surface area contributed by atoms with E-state index >= 15 is 0 Å². The van der Waals surface area contributed by atoms with Crippen molar-refractivity contribution in [3.63, 3.8) is 0 Å². The maximum absolute atomic E-state index is 13.0. The van der Waals surface area contributed by atoms with Gasteiger partial charge in [-0.1, -0.05) is 6.07 Å². The number of rotatable bonds is 5. The lowest BCUT2D eigenvalue weighted by atomic mass is 9.96. The van der Waals surface area contributed by atoms with Gasteiger partial charge in [-0.05, 0) is 62.6 Å². The number of aryl methyl sites for hydroxylation is 1. The molecule has 0 aliphatic carbocycles. The summed E-state index contributed by atoms with van der Waals surface area (Å²) in [6.07, 6.45) is 6.63. The molecule has 7 nitrogen and oxygen atoms in total. The summed E-state index contributed by atoms with van der Waals surface area (Å²) in [5.74, 6) is 0.124.